The molecule has 11 nitrogen and oxygen atoms in total. The van der Waals surface area contributed by atoms with Crippen LogP contribution >= 0.6 is 0 Å². The highest BCUT2D eigenvalue weighted by Gasteiger charge is 2.42. The maximum absolute atomic E-state index is 14.9. The number of carbonyl (C=O) groups excluding carboxylic acids is 1. The minimum Gasteiger partial charge on any atom is -0.441 e. The number of halogens is 4. The van der Waals surface area contributed by atoms with Gasteiger partial charge in [-0.1, -0.05) is 0 Å². The van der Waals surface area contributed by atoms with E-state index in [-0.39, 0.29) is 42.4 Å². The van der Waals surface area contributed by atoms with Crippen LogP contribution in [0.3, 0.4) is 0 Å². The van der Waals surface area contributed by atoms with Gasteiger partial charge in [-0.2, -0.15) is 18.3 Å². The fraction of sp³-hybridized carbons (Fsp3) is 0.500. The van der Waals surface area contributed by atoms with Gasteiger partial charge >= 0.3 is 12.3 Å². The minimum atomic E-state index is -4.71. The summed E-state index contributed by atoms with van der Waals surface area (Å²) < 4.78 is 71.8. The second-order valence-corrected chi connectivity index (χ2v) is 8.13. The van der Waals surface area contributed by atoms with Crippen molar-refractivity contribution in [3.63, 3.8) is 0 Å². The smallest absolute Gasteiger partial charge is 0.433 e. The maximum Gasteiger partial charge on any atom is 0.433 e. The highest BCUT2D eigenvalue weighted by Crippen LogP contribution is 2.34. The van der Waals surface area contributed by atoms with Crippen molar-refractivity contribution >= 4 is 23.5 Å². The lowest BCUT2D eigenvalue weighted by molar-refractivity contribution is -0.141. The van der Waals surface area contributed by atoms with Crippen molar-refractivity contribution in [1.82, 2.24) is 29.9 Å². The molecule has 3 aromatic heterocycles. The number of aromatic amines is 1. The van der Waals surface area contributed by atoms with Crippen LogP contribution in [0.1, 0.15) is 37.0 Å². The van der Waals surface area contributed by atoms with Gasteiger partial charge < -0.3 is 24.8 Å². The summed E-state index contributed by atoms with van der Waals surface area (Å²) in [6, 6.07) is 2.00. The minimum absolute atomic E-state index is 0.000229. The number of hydrogen-bond donors (Lipinski definition) is 3. The Morgan fingerprint density at radius 2 is 2.11 bits per heavy atom. The first-order valence-electron chi connectivity index (χ1n) is 10.6. The molecule has 15 heteroatoms. The topological polar surface area (TPSA) is 128 Å². The SMILES string of the molecule is COCc1cn2c(Nc3cc([C@@H]4OC[C@H](OC(=O)NC(C)C)[C@@H]4F)[nH]n3)nc(C(F)(F)F)cc2n1. The van der Waals surface area contributed by atoms with E-state index in [9.17, 15) is 22.4 Å². The Kier molecular flexibility index (Phi) is 6.80. The van der Waals surface area contributed by atoms with E-state index < -0.39 is 36.3 Å². The first-order chi connectivity index (χ1) is 16.5. The second kappa shape index (κ2) is 9.65. The van der Waals surface area contributed by atoms with Crippen LogP contribution in [0, 0.1) is 0 Å². The molecule has 0 aliphatic carbocycles. The molecule has 4 heterocycles. The number of imidazole rings is 1. The molecule has 1 fully saturated rings. The summed E-state index contributed by atoms with van der Waals surface area (Å²) in [5.41, 5.74) is -0.559. The van der Waals surface area contributed by atoms with E-state index in [0.717, 1.165) is 6.07 Å². The highest BCUT2D eigenvalue weighted by atomic mass is 19.4. The summed E-state index contributed by atoms with van der Waals surface area (Å²) in [6.45, 7) is 3.38. The summed E-state index contributed by atoms with van der Waals surface area (Å²) in [7, 11) is 1.43. The number of amides is 1. The van der Waals surface area contributed by atoms with E-state index in [2.05, 4.69) is 30.8 Å². The lowest BCUT2D eigenvalue weighted by Crippen LogP contribution is -2.36. The van der Waals surface area contributed by atoms with Crippen LogP contribution in [0.25, 0.3) is 5.65 Å². The summed E-state index contributed by atoms with van der Waals surface area (Å²) in [5.74, 6) is -0.147. The molecule has 3 aromatic rings. The van der Waals surface area contributed by atoms with Crippen molar-refractivity contribution < 1.29 is 36.6 Å². The Bertz CT molecular complexity index is 1200. The van der Waals surface area contributed by atoms with Gasteiger partial charge in [0.15, 0.2) is 23.8 Å². The average molecular weight is 501 g/mol. The van der Waals surface area contributed by atoms with Crippen LogP contribution in [-0.2, 0) is 27.0 Å². The highest BCUT2D eigenvalue weighted by molar-refractivity contribution is 5.67. The van der Waals surface area contributed by atoms with Gasteiger partial charge in [0, 0.05) is 31.5 Å². The molecule has 1 saturated heterocycles. The predicted molar refractivity (Wildman–Crippen MR) is 113 cm³/mol. The molecule has 1 aliphatic heterocycles. The third kappa shape index (κ3) is 5.45. The lowest BCUT2D eigenvalue weighted by atomic mass is 10.1. The standard InChI is InChI=1S/C20H23F4N7O4/c1-9(2)25-19(32)35-12-8-34-17(16(12)21)11-4-14(30-29-11)28-18-27-13(20(22,23)24)5-15-26-10(7-33-3)6-31(15)18/h4-6,9,12,16-17H,7-8H2,1-3H3,(H,25,32)(H2,27,28,29,30)/t12-,16-,17-/m0/s1. The second-order valence-electron chi connectivity index (χ2n) is 8.13. The third-order valence-corrected chi connectivity index (χ3v) is 4.98. The fourth-order valence-corrected chi connectivity index (χ4v) is 3.50. The van der Waals surface area contributed by atoms with Crippen LogP contribution in [0.15, 0.2) is 18.3 Å². The number of H-pyrrole nitrogens is 1. The normalized spacial score (nSPS) is 20.5. The van der Waals surface area contributed by atoms with Gasteiger partial charge in [-0.15, -0.1) is 0 Å². The van der Waals surface area contributed by atoms with E-state index in [0.29, 0.717) is 5.69 Å². The number of nitrogens with zero attached hydrogens (tertiary/aromatic N) is 4. The molecule has 0 radical (unpaired) electrons. The monoisotopic (exact) mass is 501 g/mol. The van der Waals surface area contributed by atoms with Crippen molar-refractivity contribution in [3.05, 3.63) is 35.4 Å². The largest absolute Gasteiger partial charge is 0.441 e. The summed E-state index contributed by atoms with van der Waals surface area (Å²) in [5, 5.41) is 11.8. The van der Waals surface area contributed by atoms with Gasteiger partial charge in [0.2, 0.25) is 5.95 Å². The Hall–Kier alpha value is -3.46. The summed E-state index contributed by atoms with van der Waals surface area (Å²) in [4.78, 5) is 19.5. The van der Waals surface area contributed by atoms with Crippen LogP contribution in [0.2, 0.25) is 0 Å². The molecule has 35 heavy (non-hydrogen) atoms. The Morgan fingerprint density at radius 1 is 1.34 bits per heavy atom. The number of anilines is 2. The number of aromatic nitrogens is 5. The number of hydrogen-bond acceptors (Lipinski definition) is 8. The van der Waals surface area contributed by atoms with Crippen molar-refractivity contribution in [3.8, 4) is 0 Å². The number of nitrogens with one attached hydrogen (secondary N) is 3. The van der Waals surface area contributed by atoms with Gasteiger partial charge in [-0.3, -0.25) is 9.50 Å². The van der Waals surface area contributed by atoms with Gasteiger partial charge in [0.05, 0.1) is 24.6 Å². The van der Waals surface area contributed by atoms with Gasteiger partial charge in [-0.05, 0) is 13.8 Å². The quantitative estimate of drug-likeness (QED) is 0.421. The Labute approximate surface area is 196 Å². The average Bonchev–Trinajstić information content (AvgIpc) is 3.46. The Morgan fingerprint density at radius 3 is 2.80 bits per heavy atom. The molecule has 1 amide bonds. The molecule has 0 aromatic carbocycles. The molecule has 3 atom stereocenters. The Balaban J connectivity index is 1.54. The van der Waals surface area contributed by atoms with E-state index in [1.54, 1.807) is 13.8 Å². The first-order valence-corrected chi connectivity index (χ1v) is 10.6. The van der Waals surface area contributed by atoms with E-state index in [1.807, 2.05) is 0 Å². The molecule has 0 saturated carbocycles. The molecule has 190 valence electrons. The van der Waals surface area contributed by atoms with Crippen LogP contribution < -0.4 is 10.6 Å². The van der Waals surface area contributed by atoms with Gasteiger partial charge in [-0.25, -0.2) is 19.2 Å². The van der Waals surface area contributed by atoms with Crippen molar-refractivity contribution in [2.24, 2.45) is 0 Å². The number of carbonyl (C=O) groups is 1. The predicted octanol–water partition coefficient (Wildman–Crippen LogP) is 3.27. The van der Waals surface area contributed by atoms with Gasteiger partial charge in [0.1, 0.15) is 11.8 Å². The first kappa shape index (κ1) is 24.7. The van der Waals surface area contributed by atoms with Crippen LogP contribution in [0.5, 0.6) is 0 Å². The number of alkyl halides is 4. The third-order valence-electron chi connectivity index (χ3n) is 4.98. The summed E-state index contributed by atoms with van der Waals surface area (Å²) in [6.07, 6.45) is -7.94. The van der Waals surface area contributed by atoms with E-state index in [1.165, 1.54) is 23.8 Å². The van der Waals surface area contributed by atoms with Crippen LogP contribution in [0.4, 0.5) is 34.1 Å². The summed E-state index contributed by atoms with van der Waals surface area (Å²) >= 11 is 0. The van der Waals surface area contributed by atoms with Gasteiger partial charge in [0.25, 0.3) is 0 Å². The number of fused-ring (bicyclic) bond motifs is 1. The number of alkyl carbamates (subject to hydrolysis) is 1. The molecule has 4 rings (SSSR count). The molecule has 1 aliphatic rings. The van der Waals surface area contributed by atoms with Crippen molar-refractivity contribution in [2.75, 3.05) is 19.0 Å². The molecule has 0 unspecified atom stereocenters. The zero-order valence-electron chi connectivity index (χ0n) is 18.9. The number of ether oxygens (including phenoxy) is 3. The maximum atomic E-state index is 14.9. The fourth-order valence-electron chi connectivity index (χ4n) is 3.50. The molecule has 0 bridgehead atoms. The molecule has 3 N–H and O–H groups in total. The molecule has 0 spiro atoms. The van der Waals surface area contributed by atoms with E-state index in [4.69, 9.17) is 14.2 Å². The zero-order chi connectivity index (χ0) is 25.3. The number of rotatable bonds is 7. The van der Waals surface area contributed by atoms with E-state index >= 15 is 0 Å². The van der Waals surface area contributed by atoms with Crippen molar-refractivity contribution in [1.29, 1.82) is 0 Å². The molecular formula is C20H23F4N7O4. The van der Waals surface area contributed by atoms with Crippen molar-refractivity contribution in [2.45, 2.75) is 51.1 Å². The molecular weight excluding hydrogens is 478 g/mol. The lowest BCUT2D eigenvalue weighted by Gasteiger charge is -2.16. The van der Waals surface area contributed by atoms with Crippen LogP contribution in [-0.4, -0.2) is 62.7 Å². The number of methoxy groups -OCH3 is 1. The zero-order valence-corrected chi connectivity index (χ0v) is 18.9.